The first kappa shape index (κ1) is 34.0. The summed E-state index contributed by atoms with van der Waals surface area (Å²) in [6, 6.07) is 14.1. The first-order valence-corrected chi connectivity index (χ1v) is 20.6. The number of hydrogen-bond acceptors (Lipinski definition) is 12. The molecule has 1 aliphatic carbocycles. The fourth-order valence-electron chi connectivity index (χ4n) is 6.79. The first-order chi connectivity index (χ1) is 25.1. The molecule has 2 fully saturated rings. The molecular weight excluding hydrogens is 741 g/mol. The van der Waals surface area contributed by atoms with Crippen molar-refractivity contribution in [1.82, 2.24) is 34.7 Å². The van der Waals surface area contributed by atoms with Gasteiger partial charge in [-0.3, -0.25) is 9.67 Å². The summed E-state index contributed by atoms with van der Waals surface area (Å²) in [7, 11) is 0.837. The SMILES string of the molecule is COc1cc(N2CCN(c3ccncn3)CC2)c(-c2cnn(C)c2)cc1Nc1ncc(Br)c(Nc2ccc3nc(C4CC4)ccc3c2P(C)(C)=O)n1. The third kappa shape index (κ3) is 6.92. The molecule has 5 heterocycles. The van der Waals surface area contributed by atoms with Crippen molar-refractivity contribution in [1.29, 1.82) is 0 Å². The first-order valence-electron chi connectivity index (χ1n) is 17.2. The fourth-order valence-corrected chi connectivity index (χ4v) is 8.56. The van der Waals surface area contributed by atoms with Crippen LogP contribution < -0.4 is 30.5 Å². The summed E-state index contributed by atoms with van der Waals surface area (Å²) in [5.74, 6) is 3.00. The monoisotopic (exact) mass is 779 g/mol. The lowest BCUT2D eigenvalue weighted by atomic mass is 10.0. The predicted octanol–water partition coefficient (Wildman–Crippen LogP) is 6.93. The van der Waals surface area contributed by atoms with Gasteiger partial charge in [0.25, 0.3) is 0 Å². The Hall–Kier alpha value is -5.07. The molecule has 0 radical (unpaired) electrons. The number of aryl methyl sites for hydroxylation is 1. The van der Waals surface area contributed by atoms with E-state index in [9.17, 15) is 4.57 Å². The second-order valence-corrected chi connectivity index (χ2v) is 17.5. The number of nitrogens with one attached hydrogen (secondary N) is 2. The van der Waals surface area contributed by atoms with Crippen LogP contribution in [0.5, 0.6) is 5.75 Å². The van der Waals surface area contributed by atoms with Gasteiger partial charge >= 0.3 is 0 Å². The van der Waals surface area contributed by atoms with Crippen LogP contribution in [0.3, 0.4) is 0 Å². The second-order valence-electron chi connectivity index (χ2n) is 13.5. The third-order valence-corrected chi connectivity index (χ3v) is 11.6. The molecule has 0 amide bonds. The Labute approximate surface area is 310 Å². The van der Waals surface area contributed by atoms with Crippen LogP contribution in [0.2, 0.25) is 0 Å². The zero-order valence-electron chi connectivity index (χ0n) is 29.4. The summed E-state index contributed by atoms with van der Waals surface area (Å²) >= 11 is 3.63. The Kier molecular flexibility index (Phi) is 9.04. The van der Waals surface area contributed by atoms with E-state index in [0.29, 0.717) is 39.3 Å². The van der Waals surface area contributed by atoms with Crippen molar-refractivity contribution in [3.05, 3.63) is 83.7 Å². The largest absolute Gasteiger partial charge is 0.494 e. The molecule has 0 bridgehead atoms. The summed E-state index contributed by atoms with van der Waals surface area (Å²) in [4.78, 5) is 27.5. The van der Waals surface area contributed by atoms with Crippen LogP contribution in [0.1, 0.15) is 24.5 Å². The lowest BCUT2D eigenvalue weighted by Gasteiger charge is -2.37. The molecule has 8 rings (SSSR count). The summed E-state index contributed by atoms with van der Waals surface area (Å²) in [5.41, 5.74) is 6.40. The van der Waals surface area contributed by atoms with Gasteiger partial charge in [-0.25, -0.2) is 15.0 Å². The number of nitrogens with zero attached hydrogens (tertiary/aromatic N) is 9. The quantitative estimate of drug-likeness (QED) is 0.140. The lowest BCUT2D eigenvalue weighted by Crippen LogP contribution is -2.47. The maximum Gasteiger partial charge on any atom is 0.229 e. The average Bonchev–Trinajstić information content (AvgIpc) is 3.92. The van der Waals surface area contributed by atoms with Crippen LogP contribution in [0.25, 0.3) is 22.0 Å². The number of pyridine rings is 1. The molecule has 0 atom stereocenters. The van der Waals surface area contributed by atoms with Crippen molar-refractivity contribution in [3.8, 4) is 16.9 Å². The maximum atomic E-state index is 13.8. The highest BCUT2D eigenvalue weighted by atomic mass is 79.9. The number of halogens is 1. The summed E-state index contributed by atoms with van der Waals surface area (Å²) in [6.45, 7) is 6.81. The molecule has 15 heteroatoms. The number of hydrogen-bond donors (Lipinski definition) is 2. The number of methoxy groups -OCH3 is 1. The van der Waals surface area contributed by atoms with E-state index in [1.807, 2.05) is 37.6 Å². The Morgan fingerprint density at radius 1 is 0.923 bits per heavy atom. The fraction of sp³-hybridized carbons (Fsp3) is 0.297. The molecular formula is C37H39BrN11O2P. The van der Waals surface area contributed by atoms with Gasteiger partial charge in [-0.15, -0.1) is 0 Å². The highest BCUT2D eigenvalue weighted by Gasteiger charge is 2.27. The van der Waals surface area contributed by atoms with E-state index in [1.54, 1.807) is 43.8 Å². The van der Waals surface area contributed by atoms with E-state index in [0.717, 1.165) is 70.7 Å². The van der Waals surface area contributed by atoms with Crippen molar-refractivity contribution in [3.63, 3.8) is 0 Å². The van der Waals surface area contributed by atoms with Crippen molar-refractivity contribution in [2.45, 2.75) is 18.8 Å². The Bertz CT molecular complexity index is 2320. The molecule has 1 aliphatic heterocycles. The smallest absolute Gasteiger partial charge is 0.229 e. The van der Waals surface area contributed by atoms with Crippen LogP contribution in [0, 0.1) is 0 Å². The molecule has 6 aromatic rings. The number of rotatable bonds is 10. The van der Waals surface area contributed by atoms with Gasteiger partial charge < -0.3 is 29.7 Å². The van der Waals surface area contributed by atoms with Crippen LogP contribution in [0.15, 0.2) is 78.1 Å². The van der Waals surface area contributed by atoms with Gasteiger partial charge in [0, 0.05) is 97.0 Å². The molecule has 13 nitrogen and oxygen atoms in total. The Morgan fingerprint density at radius 3 is 2.42 bits per heavy atom. The minimum Gasteiger partial charge on any atom is -0.494 e. The zero-order chi connectivity index (χ0) is 36.0. The van der Waals surface area contributed by atoms with Gasteiger partial charge in [0.2, 0.25) is 5.95 Å². The maximum absolute atomic E-state index is 13.8. The molecule has 266 valence electrons. The van der Waals surface area contributed by atoms with E-state index in [1.165, 1.54) is 12.8 Å². The predicted molar refractivity (Wildman–Crippen MR) is 211 cm³/mol. The topological polar surface area (TPSA) is 139 Å². The van der Waals surface area contributed by atoms with Crippen molar-refractivity contribution in [2.24, 2.45) is 7.05 Å². The second kappa shape index (κ2) is 13.8. The normalized spacial score (nSPS) is 14.9. The van der Waals surface area contributed by atoms with E-state index in [2.05, 4.69) is 80.7 Å². The van der Waals surface area contributed by atoms with Gasteiger partial charge in [0.15, 0.2) is 0 Å². The number of benzene rings is 2. The lowest BCUT2D eigenvalue weighted by molar-refractivity contribution is 0.416. The van der Waals surface area contributed by atoms with Crippen LogP contribution in [-0.4, -0.2) is 81.3 Å². The highest BCUT2D eigenvalue weighted by molar-refractivity contribution is 9.10. The van der Waals surface area contributed by atoms with Gasteiger partial charge in [0.1, 0.15) is 30.9 Å². The highest BCUT2D eigenvalue weighted by Crippen LogP contribution is 2.44. The summed E-state index contributed by atoms with van der Waals surface area (Å²) in [5, 5.41) is 13.0. The molecule has 2 aliphatic rings. The van der Waals surface area contributed by atoms with Crippen LogP contribution in [0.4, 0.5) is 34.6 Å². The number of piperazine rings is 1. The molecule has 2 N–H and O–H groups in total. The van der Waals surface area contributed by atoms with Gasteiger partial charge in [-0.05, 0) is 72.4 Å². The van der Waals surface area contributed by atoms with E-state index in [-0.39, 0.29) is 0 Å². The van der Waals surface area contributed by atoms with Crippen LogP contribution >= 0.6 is 23.1 Å². The number of anilines is 6. The summed E-state index contributed by atoms with van der Waals surface area (Å²) < 4.78 is 22.2. The average molecular weight is 781 g/mol. The summed E-state index contributed by atoms with van der Waals surface area (Å²) in [6.07, 6.45) is 11.3. The molecule has 4 aromatic heterocycles. The van der Waals surface area contributed by atoms with Gasteiger partial charge in [0.05, 0.1) is 34.7 Å². The van der Waals surface area contributed by atoms with Crippen molar-refractivity contribution >= 4 is 73.9 Å². The molecule has 0 unspecified atom stereocenters. The molecule has 2 aromatic carbocycles. The molecule has 1 saturated heterocycles. The Balaban J connectivity index is 1.11. The van der Waals surface area contributed by atoms with E-state index >= 15 is 0 Å². The van der Waals surface area contributed by atoms with E-state index < -0.39 is 7.14 Å². The molecule has 1 saturated carbocycles. The van der Waals surface area contributed by atoms with Crippen molar-refractivity contribution < 1.29 is 9.30 Å². The van der Waals surface area contributed by atoms with Crippen LogP contribution in [-0.2, 0) is 11.6 Å². The number of ether oxygens (including phenoxy) is 1. The number of aromatic nitrogens is 7. The number of fused-ring (bicyclic) bond motifs is 1. The standard InChI is InChI=1S/C37H39BrN11O2P/c1-47-21-24(19-42-47)26-17-31(33(51-2)18-32(26)48-13-15-49(16-14-48)34-11-12-39-22-41-34)45-37-40-20-27(38)36(46-37)44-30-10-9-29-25(35(30)52(3,4)50)7-8-28(43-29)23-5-6-23/h7-12,17-23H,5-6,13-16H2,1-4H3,(H2,40,44,45,46). The van der Waals surface area contributed by atoms with Gasteiger partial charge in [-0.2, -0.15) is 10.1 Å². The van der Waals surface area contributed by atoms with Crippen molar-refractivity contribution in [2.75, 3.05) is 67.1 Å². The van der Waals surface area contributed by atoms with Gasteiger partial charge in [-0.1, -0.05) is 6.07 Å². The Morgan fingerprint density at radius 2 is 1.73 bits per heavy atom. The van der Waals surface area contributed by atoms with E-state index in [4.69, 9.17) is 14.7 Å². The minimum absolute atomic E-state index is 0.363. The minimum atomic E-state index is -2.74. The zero-order valence-corrected chi connectivity index (χ0v) is 31.9. The molecule has 0 spiro atoms. The molecule has 52 heavy (non-hydrogen) atoms. The third-order valence-electron chi connectivity index (χ3n) is 9.49.